The largest absolute Gasteiger partial charge is 0.415 e. The number of carbonyl (C=O) groups excluding carboxylic acids is 2. The first-order chi connectivity index (χ1) is 19.2. The number of halogens is 2. The molecule has 1 fully saturated rings. The number of hydrogen-bond donors (Lipinski definition) is 0. The maximum absolute atomic E-state index is 13.6. The van der Waals surface area contributed by atoms with Gasteiger partial charge in [-0.15, -0.1) is 10.2 Å². The number of nitrogens with zero attached hydrogens (tertiary/aromatic N) is 6. The minimum atomic E-state index is -2.86. The lowest BCUT2D eigenvalue weighted by molar-refractivity contribution is -0.134. The number of alkyl halides is 2. The minimum absolute atomic E-state index is 0.0192. The molecule has 1 aromatic carbocycles. The Kier molecular flexibility index (Phi) is 7.93. The third-order valence-electron chi connectivity index (χ3n) is 7.77. The summed E-state index contributed by atoms with van der Waals surface area (Å²) in [5, 5.41) is 6.94. The number of piperazine rings is 1. The molecule has 2 aliphatic heterocycles. The molecule has 0 N–H and O–H groups in total. The van der Waals surface area contributed by atoms with Crippen molar-refractivity contribution in [1.29, 1.82) is 0 Å². The molecule has 0 atom stereocenters. The van der Waals surface area contributed by atoms with Gasteiger partial charge in [-0.1, -0.05) is 19.8 Å². The molecule has 1 saturated heterocycles. The van der Waals surface area contributed by atoms with Crippen molar-refractivity contribution in [2.75, 3.05) is 37.6 Å². The Labute approximate surface area is 232 Å². The number of anilines is 1. The molecule has 3 aromatic rings. The molecular weight excluding hydrogens is 518 g/mol. The zero-order valence-corrected chi connectivity index (χ0v) is 23.1. The van der Waals surface area contributed by atoms with E-state index in [0.29, 0.717) is 16.8 Å². The Balaban J connectivity index is 1.30. The summed E-state index contributed by atoms with van der Waals surface area (Å²) in [4.78, 5) is 37.4. The molecule has 2 amide bonds. The van der Waals surface area contributed by atoms with Gasteiger partial charge in [0, 0.05) is 43.6 Å². The van der Waals surface area contributed by atoms with E-state index in [2.05, 4.69) is 31.9 Å². The van der Waals surface area contributed by atoms with Gasteiger partial charge in [0.15, 0.2) is 0 Å². The van der Waals surface area contributed by atoms with E-state index in [0.717, 1.165) is 44.0 Å². The van der Waals surface area contributed by atoms with E-state index in [4.69, 9.17) is 4.42 Å². The second kappa shape index (κ2) is 11.4. The van der Waals surface area contributed by atoms with Crippen LogP contribution in [0.2, 0.25) is 0 Å². The lowest BCUT2D eigenvalue weighted by Gasteiger charge is -2.39. The molecule has 2 aliphatic rings. The maximum Gasteiger partial charge on any atom is 0.314 e. The summed E-state index contributed by atoms with van der Waals surface area (Å²) >= 11 is 0. The average molecular weight is 553 g/mol. The Morgan fingerprint density at radius 1 is 1.02 bits per heavy atom. The summed E-state index contributed by atoms with van der Waals surface area (Å²) in [5.74, 6) is -1.51. The molecule has 0 bridgehead atoms. The molecule has 40 heavy (non-hydrogen) atoms. The fourth-order valence-corrected chi connectivity index (χ4v) is 5.33. The topological polar surface area (TPSA) is 95.7 Å². The van der Waals surface area contributed by atoms with Gasteiger partial charge >= 0.3 is 6.43 Å². The van der Waals surface area contributed by atoms with Gasteiger partial charge in [-0.25, -0.2) is 0 Å². The number of aromatic nitrogens is 3. The van der Waals surface area contributed by atoms with Crippen LogP contribution in [-0.4, -0.2) is 69.5 Å². The zero-order chi connectivity index (χ0) is 28.4. The Hall–Kier alpha value is -3.73. The number of hydrogen-bond acceptors (Lipinski definition) is 8. The van der Waals surface area contributed by atoms with E-state index < -0.39 is 17.7 Å². The van der Waals surface area contributed by atoms with Crippen LogP contribution in [0.5, 0.6) is 0 Å². The number of carbonyl (C=O) groups is 2. The summed E-state index contributed by atoms with van der Waals surface area (Å²) in [6, 6.07) is 8.99. The maximum atomic E-state index is 13.6. The van der Waals surface area contributed by atoms with Crippen LogP contribution in [0.1, 0.15) is 74.0 Å². The number of imide groups is 1. The number of rotatable bonds is 9. The third kappa shape index (κ3) is 5.47. The highest BCUT2D eigenvalue weighted by atomic mass is 19.3. The van der Waals surface area contributed by atoms with Gasteiger partial charge in [-0.05, 0) is 62.7 Å². The van der Waals surface area contributed by atoms with Crippen LogP contribution < -0.4 is 4.90 Å². The van der Waals surface area contributed by atoms with E-state index in [9.17, 15) is 18.4 Å². The van der Waals surface area contributed by atoms with Crippen LogP contribution in [0.4, 0.5) is 14.5 Å². The molecular formula is C29H34F2N6O3. The van der Waals surface area contributed by atoms with Crippen molar-refractivity contribution in [2.45, 2.75) is 58.4 Å². The van der Waals surface area contributed by atoms with E-state index >= 15 is 0 Å². The zero-order valence-electron chi connectivity index (χ0n) is 23.1. The summed E-state index contributed by atoms with van der Waals surface area (Å²) in [6.45, 7) is 10.8. The number of unbranched alkanes of at least 4 members (excludes halogenated alkanes) is 2. The normalized spacial score (nSPS) is 17.6. The van der Waals surface area contributed by atoms with Crippen molar-refractivity contribution in [2.24, 2.45) is 0 Å². The molecule has 0 saturated carbocycles. The van der Waals surface area contributed by atoms with Gasteiger partial charge in [-0.3, -0.25) is 24.4 Å². The molecule has 5 rings (SSSR count). The molecule has 9 nitrogen and oxygen atoms in total. The smallest absolute Gasteiger partial charge is 0.314 e. The summed E-state index contributed by atoms with van der Waals surface area (Å²) in [6.07, 6.45) is 2.23. The second-order valence-corrected chi connectivity index (χ2v) is 10.9. The van der Waals surface area contributed by atoms with Gasteiger partial charge < -0.3 is 9.32 Å². The second-order valence-electron chi connectivity index (χ2n) is 10.9. The number of pyridine rings is 1. The van der Waals surface area contributed by atoms with Gasteiger partial charge in [0.1, 0.15) is 0 Å². The number of fused-ring (bicyclic) bond motifs is 1. The summed E-state index contributed by atoms with van der Waals surface area (Å²) < 4.78 is 30.5. The predicted molar refractivity (Wildman–Crippen MR) is 145 cm³/mol. The quantitative estimate of drug-likeness (QED) is 0.275. The first-order valence-corrected chi connectivity index (χ1v) is 13.7. The minimum Gasteiger partial charge on any atom is -0.415 e. The monoisotopic (exact) mass is 552 g/mol. The third-order valence-corrected chi connectivity index (χ3v) is 7.77. The summed E-state index contributed by atoms with van der Waals surface area (Å²) in [7, 11) is 0. The Morgan fingerprint density at radius 3 is 2.45 bits per heavy atom. The van der Waals surface area contributed by atoms with Crippen LogP contribution in [-0.2, 0) is 16.8 Å². The van der Waals surface area contributed by atoms with Crippen molar-refractivity contribution < 1.29 is 22.8 Å². The first-order valence-electron chi connectivity index (χ1n) is 13.7. The highest BCUT2D eigenvalue weighted by molar-refractivity contribution is 6.13. The van der Waals surface area contributed by atoms with E-state index in [-0.39, 0.29) is 24.2 Å². The number of benzene rings is 1. The molecule has 212 valence electrons. The van der Waals surface area contributed by atoms with Gasteiger partial charge in [-0.2, -0.15) is 8.78 Å². The van der Waals surface area contributed by atoms with Crippen molar-refractivity contribution in [3.63, 3.8) is 0 Å². The fourth-order valence-electron chi connectivity index (χ4n) is 5.33. The van der Waals surface area contributed by atoms with E-state index in [1.165, 1.54) is 30.4 Å². The fraction of sp³-hybridized carbons (Fsp3) is 0.483. The Bertz CT molecular complexity index is 1370. The van der Waals surface area contributed by atoms with E-state index in [1.807, 2.05) is 32.0 Å². The molecule has 0 aliphatic carbocycles. The van der Waals surface area contributed by atoms with Crippen LogP contribution in [0.15, 0.2) is 40.9 Å². The number of amides is 2. The van der Waals surface area contributed by atoms with Gasteiger partial charge in [0.2, 0.25) is 11.8 Å². The standard InChI is InChI=1S/C29H34F2N6O3/c1-4-5-6-11-35-12-14-36(15-13-35)21-9-10-22-23(16-21)29(2,3)28(39)37(27(22)38)18-20-8-7-19(17-32-20)25-33-34-26(40-25)24(30)31/h7-10,16-17,24H,4-6,11-15,18H2,1-3H3. The predicted octanol–water partition coefficient (Wildman–Crippen LogP) is 4.84. The van der Waals surface area contributed by atoms with Gasteiger partial charge in [0.05, 0.1) is 23.2 Å². The van der Waals surface area contributed by atoms with Crippen LogP contribution >= 0.6 is 0 Å². The lowest BCUT2D eigenvalue weighted by Crippen LogP contribution is -2.51. The summed E-state index contributed by atoms with van der Waals surface area (Å²) in [5.41, 5.74) is 2.19. The molecule has 0 unspecified atom stereocenters. The highest BCUT2D eigenvalue weighted by Crippen LogP contribution is 2.37. The van der Waals surface area contributed by atoms with Crippen molar-refractivity contribution in [3.05, 3.63) is 59.2 Å². The van der Waals surface area contributed by atoms with E-state index in [1.54, 1.807) is 12.1 Å². The van der Waals surface area contributed by atoms with Crippen molar-refractivity contribution in [3.8, 4) is 11.5 Å². The Morgan fingerprint density at radius 2 is 1.80 bits per heavy atom. The van der Waals surface area contributed by atoms with Gasteiger partial charge in [0.25, 0.3) is 11.8 Å². The van der Waals surface area contributed by atoms with Crippen molar-refractivity contribution >= 4 is 17.5 Å². The molecule has 0 spiro atoms. The molecule has 2 aromatic heterocycles. The molecule has 4 heterocycles. The first kappa shape index (κ1) is 27.8. The molecule has 0 radical (unpaired) electrons. The van der Waals surface area contributed by atoms with Crippen LogP contribution in [0, 0.1) is 0 Å². The average Bonchev–Trinajstić information content (AvgIpc) is 3.46. The van der Waals surface area contributed by atoms with Crippen molar-refractivity contribution in [1.82, 2.24) is 25.0 Å². The molecule has 11 heteroatoms. The highest BCUT2D eigenvalue weighted by Gasteiger charge is 2.44. The lowest BCUT2D eigenvalue weighted by atomic mass is 9.77. The van der Waals surface area contributed by atoms with Crippen LogP contribution in [0.25, 0.3) is 11.5 Å². The SMILES string of the molecule is CCCCCN1CCN(c2ccc3c(c2)C(C)(C)C(=O)N(Cc2ccc(-c4nnc(C(F)F)o4)cn2)C3=O)CC1. The van der Waals surface area contributed by atoms with Crippen LogP contribution in [0.3, 0.4) is 0 Å².